The van der Waals surface area contributed by atoms with E-state index in [0.717, 1.165) is 56.2 Å². The molecule has 2 aliphatic heterocycles. The molecular weight excluding hydrogens is 382 g/mol. The number of rotatable bonds is 7. The number of pyridine rings is 1. The van der Waals surface area contributed by atoms with Gasteiger partial charge in [-0.2, -0.15) is 0 Å². The average Bonchev–Trinajstić information content (AvgIpc) is 3.17. The third kappa shape index (κ3) is 4.20. The molecule has 162 valence electrons. The second-order valence-electron chi connectivity index (χ2n) is 8.57. The van der Waals surface area contributed by atoms with E-state index in [9.17, 15) is 9.59 Å². The van der Waals surface area contributed by atoms with Gasteiger partial charge in [0.1, 0.15) is 5.82 Å². The fraction of sp³-hybridized carbons (Fsp3) is 0.591. The van der Waals surface area contributed by atoms with E-state index < -0.39 is 0 Å². The third-order valence-electron chi connectivity index (χ3n) is 6.33. The fourth-order valence-corrected chi connectivity index (χ4v) is 4.95. The fourth-order valence-electron chi connectivity index (χ4n) is 4.95. The molecule has 0 N–H and O–H groups in total. The molecule has 0 unspecified atom stereocenters. The molecule has 0 aromatic carbocycles. The normalized spacial score (nSPS) is 20.9. The van der Waals surface area contributed by atoms with Crippen molar-refractivity contribution in [1.82, 2.24) is 23.9 Å². The predicted octanol–water partition coefficient (Wildman–Crippen LogP) is 1.29. The highest BCUT2D eigenvalue weighted by Gasteiger charge is 2.35. The van der Waals surface area contributed by atoms with Crippen LogP contribution in [0.25, 0.3) is 0 Å². The van der Waals surface area contributed by atoms with Crippen molar-refractivity contribution in [3.63, 3.8) is 0 Å². The predicted molar refractivity (Wildman–Crippen MR) is 113 cm³/mol. The molecule has 0 spiro atoms. The molecule has 0 aliphatic carbocycles. The number of esters is 1. The summed E-state index contributed by atoms with van der Waals surface area (Å²) in [5.74, 6) is 1.66. The minimum Gasteiger partial charge on any atom is -0.468 e. The summed E-state index contributed by atoms with van der Waals surface area (Å²) in [6.07, 6.45) is 5.05. The number of hydrogen-bond donors (Lipinski definition) is 0. The molecule has 2 aromatic heterocycles. The van der Waals surface area contributed by atoms with Crippen molar-refractivity contribution < 1.29 is 9.53 Å². The Kier molecular flexibility index (Phi) is 6.06. The summed E-state index contributed by atoms with van der Waals surface area (Å²) < 4.78 is 8.89. The Morgan fingerprint density at radius 3 is 2.90 bits per heavy atom. The van der Waals surface area contributed by atoms with Crippen LogP contribution in [0.4, 0.5) is 0 Å². The van der Waals surface area contributed by atoms with E-state index in [1.807, 2.05) is 35.0 Å². The Labute approximate surface area is 177 Å². The maximum atomic E-state index is 13.2. The SMILES string of the molecule is CCn1ccnc1CN1C[C@@H]2C[C@H](C1)c1ccc(CN(C)CC(=O)OC)c(=O)n1C2. The van der Waals surface area contributed by atoms with Gasteiger partial charge in [-0.1, -0.05) is 6.07 Å². The molecule has 8 nitrogen and oxygen atoms in total. The third-order valence-corrected chi connectivity index (χ3v) is 6.33. The summed E-state index contributed by atoms with van der Waals surface area (Å²) in [5.41, 5.74) is 1.94. The van der Waals surface area contributed by atoms with E-state index in [0.29, 0.717) is 18.4 Å². The van der Waals surface area contributed by atoms with Crippen LogP contribution in [0.3, 0.4) is 0 Å². The highest BCUT2D eigenvalue weighted by molar-refractivity contribution is 5.71. The molecule has 2 atom stereocenters. The smallest absolute Gasteiger partial charge is 0.319 e. The molecule has 0 radical (unpaired) electrons. The number of aryl methyl sites for hydroxylation is 1. The van der Waals surface area contributed by atoms with Crippen molar-refractivity contribution in [2.45, 2.75) is 45.4 Å². The molecule has 4 heterocycles. The standard InChI is InChI=1S/C22H31N5O3/c1-4-26-8-7-23-20(26)14-25-10-16-9-18(13-25)19-6-5-17(22(29)27(19)11-16)12-24(2)15-21(28)30-3/h5-8,16,18H,4,9-15H2,1-3H3/t16-,18+/m0/s1. The van der Waals surface area contributed by atoms with Crippen LogP contribution >= 0.6 is 0 Å². The van der Waals surface area contributed by atoms with Gasteiger partial charge >= 0.3 is 5.97 Å². The van der Waals surface area contributed by atoms with Crippen LogP contribution in [-0.2, 0) is 35.7 Å². The Morgan fingerprint density at radius 2 is 2.13 bits per heavy atom. The lowest BCUT2D eigenvalue weighted by molar-refractivity contribution is -0.141. The van der Waals surface area contributed by atoms with Gasteiger partial charge in [0.2, 0.25) is 0 Å². The lowest BCUT2D eigenvalue weighted by Crippen LogP contribution is -2.47. The molecular formula is C22H31N5O3. The number of methoxy groups -OCH3 is 1. The van der Waals surface area contributed by atoms with E-state index in [1.54, 1.807) is 0 Å². The molecule has 4 rings (SSSR count). The number of carbonyl (C=O) groups is 1. The number of aromatic nitrogens is 3. The minimum atomic E-state index is -0.297. The quantitative estimate of drug-likeness (QED) is 0.637. The zero-order valence-corrected chi connectivity index (χ0v) is 18.1. The van der Waals surface area contributed by atoms with Gasteiger partial charge in [-0.25, -0.2) is 4.98 Å². The molecule has 0 saturated carbocycles. The highest BCUT2D eigenvalue weighted by atomic mass is 16.5. The van der Waals surface area contributed by atoms with Gasteiger partial charge in [0.15, 0.2) is 0 Å². The number of ether oxygens (including phenoxy) is 1. The van der Waals surface area contributed by atoms with Crippen LogP contribution in [0.15, 0.2) is 29.3 Å². The summed E-state index contributed by atoms with van der Waals surface area (Å²) >= 11 is 0. The Balaban J connectivity index is 1.49. The van der Waals surface area contributed by atoms with Gasteiger partial charge < -0.3 is 13.9 Å². The summed E-state index contributed by atoms with van der Waals surface area (Å²) in [5, 5.41) is 0. The van der Waals surface area contributed by atoms with Gasteiger partial charge in [0, 0.05) is 62.3 Å². The molecule has 8 heteroatoms. The largest absolute Gasteiger partial charge is 0.468 e. The number of imidazole rings is 1. The molecule has 2 aliphatic rings. The van der Waals surface area contributed by atoms with E-state index in [4.69, 9.17) is 4.74 Å². The van der Waals surface area contributed by atoms with Crippen LogP contribution in [-0.4, -0.2) is 63.7 Å². The first kappa shape index (κ1) is 20.8. The first-order valence-corrected chi connectivity index (χ1v) is 10.7. The highest BCUT2D eigenvalue weighted by Crippen LogP contribution is 2.35. The van der Waals surface area contributed by atoms with Crippen molar-refractivity contribution in [2.24, 2.45) is 5.92 Å². The summed E-state index contributed by atoms with van der Waals surface area (Å²) in [6.45, 7) is 7.24. The lowest BCUT2D eigenvalue weighted by atomic mass is 9.83. The van der Waals surface area contributed by atoms with E-state index in [1.165, 1.54) is 7.11 Å². The Hall–Kier alpha value is -2.45. The number of likely N-dealkylation sites (N-methyl/N-ethyl adjacent to an activating group) is 1. The first-order valence-electron chi connectivity index (χ1n) is 10.7. The molecule has 2 aromatic rings. The van der Waals surface area contributed by atoms with Gasteiger partial charge in [0.25, 0.3) is 5.56 Å². The van der Waals surface area contributed by atoms with Crippen LogP contribution in [0.2, 0.25) is 0 Å². The van der Waals surface area contributed by atoms with E-state index in [-0.39, 0.29) is 18.1 Å². The van der Waals surface area contributed by atoms with Crippen molar-refractivity contribution >= 4 is 5.97 Å². The van der Waals surface area contributed by atoms with Crippen molar-refractivity contribution in [3.8, 4) is 0 Å². The first-order chi connectivity index (χ1) is 14.5. The second kappa shape index (κ2) is 8.73. The van der Waals surface area contributed by atoms with Crippen molar-refractivity contribution in [1.29, 1.82) is 0 Å². The number of piperidine rings is 1. The number of likely N-dealkylation sites (tertiary alicyclic amines) is 1. The maximum absolute atomic E-state index is 13.2. The van der Waals surface area contributed by atoms with Crippen LogP contribution < -0.4 is 5.56 Å². The zero-order chi connectivity index (χ0) is 21.3. The molecule has 1 saturated heterocycles. The molecule has 30 heavy (non-hydrogen) atoms. The van der Waals surface area contributed by atoms with Crippen molar-refractivity contribution in [2.75, 3.05) is 33.8 Å². The number of fused-ring (bicyclic) bond motifs is 4. The molecule has 1 fully saturated rings. The maximum Gasteiger partial charge on any atom is 0.319 e. The van der Waals surface area contributed by atoms with Crippen molar-refractivity contribution in [3.05, 3.63) is 52.0 Å². The minimum absolute atomic E-state index is 0.0777. The zero-order valence-electron chi connectivity index (χ0n) is 18.1. The Morgan fingerprint density at radius 1 is 1.30 bits per heavy atom. The number of hydrogen-bond acceptors (Lipinski definition) is 6. The summed E-state index contributed by atoms with van der Waals surface area (Å²) in [4.78, 5) is 33.5. The summed E-state index contributed by atoms with van der Waals surface area (Å²) in [6, 6.07) is 4.05. The lowest BCUT2D eigenvalue weighted by Gasteiger charge is -2.42. The summed E-state index contributed by atoms with van der Waals surface area (Å²) in [7, 11) is 3.20. The average molecular weight is 414 g/mol. The number of nitrogens with zero attached hydrogens (tertiary/aromatic N) is 5. The molecule has 0 amide bonds. The van der Waals surface area contributed by atoms with Gasteiger partial charge in [0.05, 0.1) is 20.2 Å². The monoisotopic (exact) mass is 413 g/mol. The van der Waals surface area contributed by atoms with Gasteiger partial charge in [-0.3, -0.25) is 19.4 Å². The van der Waals surface area contributed by atoms with Gasteiger partial charge in [-0.15, -0.1) is 0 Å². The second-order valence-corrected chi connectivity index (χ2v) is 8.57. The van der Waals surface area contributed by atoms with Crippen LogP contribution in [0, 0.1) is 5.92 Å². The van der Waals surface area contributed by atoms with Gasteiger partial charge in [-0.05, 0) is 32.4 Å². The number of carbonyl (C=O) groups excluding carboxylic acids is 1. The van der Waals surface area contributed by atoms with E-state index >= 15 is 0 Å². The Bertz CT molecular complexity index is 966. The van der Waals surface area contributed by atoms with Crippen LogP contribution in [0.5, 0.6) is 0 Å². The topological polar surface area (TPSA) is 72.6 Å². The molecule has 2 bridgehead atoms. The van der Waals surface area contributed by atoms with Crippen LogP contribution in [0.1, 0.15) is 36.3 Å². The van der Waals surface area contributed by atoms with E-state index in [2.05, 4.69) is 27.4 Å².